The van der Waals surface area contributed by atoms with Crippen LogP contribution in [-0.2, 0) is 4.74 Å². The molecule has 2 heterocycles. The fourth-order valence-corrected chi connectivity index (χ4v) is 2.97. The highest BCUT2D eigenvalue weighted by molar-refractivity contribution is 6.04. The maximum Gasteiger partial charge on any atom is 0.335 e. The lowest BCUT2D eigenvalue weighted by Crippen LogP contribution is -2.45. The van der Waals surface area contributed by atoms with Crippen molar-refractivity contribution in [3.05, 3.63) is 53.7 Å². The van der Waals surface area contributed by atoms with Gasteiger partial charge in [-0.25, -0.2) is 9.78 Å². The van der Waals surface area contributed by atoms with Crippen molar-refractivity contribution in [1.82, 2.24) is 4.98 Å². The molecular formula is C19H21N3O4. The Balaban J connectivity index is 1.66. The van der Waals surface area contributed by atoms with E-state index in [1.54, 1.807) is 24.4 Å². The minimum Gasteiger partial charge on any atom is -0.478 e. The molecule has 1 saturated heterocycles. The van der Waals surface area contributed by atoms with Crippen LogP contribution in [0.3, 0.4) is 0 Å². The second-order valence-electron chi connectivity index (χ2n) is 6.40. The summed E-state index contributed by atoms with van der Waals surface area (Å²) in [5.74, 6) is -0.486. The molecule has 0 bridgehead atoms. The molecule has 26 heavy (non-hydrogen) atoms. The highest BCUT2D eigenvalue weighted by Crippen LogP contribution is 2.19. The lowest BCUT2D eigenvalue weighted by atomic mass is 10.2. The van der Waals surface area contributed by atoms with Gasteiger partial charge in [0.05, 0.1) is 23.3 Å². The first-order valence-corrected chi connectivity index (χ1v) is 8.43. The van der Waals surface area contributed by atoms with Crippen molar-refractivity contribution in [2.45, 2.75) is 26.1 Å². The quantitative estimate of drug-likeness (QED) is 0.876. The summed E-state index contributed by atoms with van der Waals surface area (Å²) in [6.45, 7) is 5.58. The Morgan fingerprint density at radius 2 is 1.69 bits per heavy atom. The number of hydrogen-bond donors (Lipinski definition) is 2. The largest absolute Gasteiger partial charge is 0.478 e. The molecule has 2 aromatic rings. The number of benzene rings is 1. The Bertz CT molecular complexity index is 779. The van der Waals surface area contributed by atoms with Crippen molar-refractivity contribution in [2.75, 3.05) is 23.3 Å². The molecule has 1 amide bonds. The third kappa shape index (κ3) is 4.18. The number of ether oxygens (including phenoxy) is 1. The molecule has 2 atom stereocenters. The van der Waals surface area contributed by atoms with Gasteiger partial charge >= 0.3 is 5.97 Å². The van der Waals surface area contributed by atoms with Crippen molar-refractivity contribution in [2.24, 2.45) is 0 Å². The summed E-state index contributed by atoms with van der Waals surface area (Å²) < 4.78 is 5.72. The highest BCUT2D eigenvalue weighted by atomic mass is 16.5. The number of carboxylic acid groups (broad SMARTS) is 1. The number of carboxylic acids is 1. The molecule has 3 rings (SSSR count). The minimum atomic E-state index is -1.01. The zero-order chi connectivity index (χ0) is 18.7. The van der Waals surface area contributed by atoms with Crippen molar-refractivity contribution < 1.29 is 19.4 Å². The van der Waals surface area contributed by atoms with Crippen molar-refractivity contribution in [3.8, 4) is 0 Å². The Morgan fingerprint density at radius 1 is 1.08 bits per heavy atom. The summed E-state index contributed by atoms with van der Waals surface area (Å²) in [6.07, 6.45) is 1.82. The van der Waals surface area contributed by atoms with E-state index in [0.717, 1.165) is 18.9 Å². The van der Waals surface area contributed by atoms with Crippen molar-refractivity contribution >= 4 is 23.4 Å². The van der Waals surface area contributed by atoms with Gasteiger partial charge in [-0.1, -0.05) is 0 Å². The van der Waals surface area contributed by atoms with Crippen LogP contribution in [0.15, 0.2) is 42.6 Å². The van der Waals surface area contributed by atoms with Gasteiger partial charge in [-0.3, -0.25) is 4.79 Å². The lowest BCUT2D eigenvalue weighted by molar-refractivity contribution is -0.00546. The number of anilines is 2. The zero-order valence-electron chi connectivity index (χ0n) is 14.7. The summed E-state index contributed by atoms with van der Waals surface area (Å²) in [6, 6.07) is 9.56. The predicted molar refractivity (Wildman–Crippen MR) is 97.8 cm³/mol. The van der Waals surface area contributed by atoms with Crippen LogP contribution in [0.5, 0.6) is 0 Å². The Hall–Kier alpha value is -2.93. The molecule has 7 nitrogen and oxygen atoms in total. The van der Waals surface area contributed by atoms with E-state index in [2.05, 4.69) is 15.2 Å². The van der Waals surface area contributed by atoms with Gasteiger partial charge in [-0.2, -0.15) is 0 Å². The number of aromatic nitrogens is 1. The third-order valence-electron chi connectivity index (χ3n) is 4.14. The molecule has 2 unspecified atom stereocenters. The molecule has 1 aliphatic heterocycles. The van der Waals surface area contributed by atoms with Gasteiger partial charge in [-0.15, -0.1) is 0 Å². The number of morpholine rings is 1. The standard InChI is InChI=1S/C19H21N3O4/c1-12-10-22(11-13(2)26-12)17-8-5-15(9-20-17)18(23)21-16-6-3-14(4-7-16)19(24)25/h3-9,12-13H,10-11H2,1-2H3,(H,21,23)(H,24,25). The SMILES string of the molecule is CC1CN(c2ccc(C(=O)Nc3ccc(C(=O)O)cc3)cn2)CC(C)O1. The lowest BCUT2D eigenvalue weighted by Gasteiger charge is -2.36. The number of nitrogens with zero attached hydrogens (tertiary/aromatic N) is 2. The fraction of sp³-hybridized carbons (Fsp3) is 0.316. The number of nitrogens with one attached hydrogen (secondary N) is 1. The predicted octanol–water partition coefficient (Wildman–Crippen LogP) is 2.65. The summed E-state index contributed by atoms with van der Waals surface area (Å²) >= 11 is 0. The van der Waals surface area contributed by atoms with Crippen LogP contribution in [0.25, 0.3) is 0 Å². The van der Waals surface area contributed by atoms with Crippen LogP contribution in [0.2, 0.25) is 0 Å². The smallest absolute Gasteiger partial charge is 0.335 e. The first-order valence-electron chi connectivity index (χ1n) is 8.43. The van der Waals surface area contributed by atoms with Crippen LogP contribution < -0.4 is 10.2 Å². The molecule has 0 saturated carbocycles. The summed E-state index contributed by atoms with van der Waals surface area (Å²) in [5.41, 5.74) is 1.13. The Labute approximate surface area is 151 Å². The number of carbonyl (C=O) groups is 2. The highest BCUT2D eigenvalue weighted by Gasteiger charge is 2.23. The van der Waals surface area contributed by atoms with Gasteiger partial charge < -0.3 is 20.1 Å². The monoisotopic (exact) mass is 355 g/mol. The molecule has 0 spiro atoms. The average Bonchev–Trinajstić information content (AvgIpc) is 2.61. The molecular weight excluding hydrogens is 334 g/mol. The minimum absolute atomic E-state index is 0.136. The maximum absolute atomic E-state index is 12.3. The molecule has 2 N–H and O–H groups in total. The van der Waals surface area contributed by atoms with E-state index in [9.17, 15) is 9.59 Å². The van der Waals surface area contributed by atoms with E-state index in [4.69, 9.17) is 9.84 Å². The third-order valence-corrected chi connectivity index (χ3v) is 4.14. The van der Waals surface area contributed by atoms with E-state index >= 15 is 0 Å². The van der Waals surface area contributed by atoms with Crippen LogP contribution in [0, 0.1) is 0 Å². The molecule has 136 valence electrons. The van der Waals surface area contributed by atoms with Gasteiger partial charge in [0, 0.05) is 25.0 Å². The average molecular weight is 355 g/mol. The van der Waals surface area contributed by atoms with Crippen LogP contribution in [0.1, 0.15) is 34.6 Å². The van der Waals surface area contributed by atoms with Gasteiger partial charge in [0.1, 0.15) is 5.82 Å². The molecule has 1 aromatic carbocycles. The fourth-order valence-electron chi connectivity index (χ4n) is 2.97. The van der Waals surface area contributed by atoms with Crippen molar-refractivity contribution in [1.29, 1.82) is 0 Å². The number of amides is 1. The Morgan fingerprint density at radius 3 is 2.23 bits per heavy atom. The molecule has 1 aliphatic rings. The molecule has 1 fully saturated rings. The number of aromatic carboxylic acids is 1. The van der Waals surface area contributed by atoms with E-state index < -0.39 is 5.97 Å². The molecule has 0 radical (unpaired) electrons. The van der Waals surface area contributed by atoms with Crippen LogP contribution in [-0.4, -0.2) is 47.3 Å². The van der Waals surface area contributed by atoms with Crippen LogP contribution in [0.4, 0.5) is 11.5 Å². The van der Waals surface area contributed by atoms with Crippen LogP contribution >= 0.6 is 0 Å². The van der Waals surface area contributed by atoms with Gasteiger partial charge in [-0.05, 0) is 50.2 Å². The number of pyridine rings is 1. The maximum atomic E-state index is 12.3. The van der Waals surface area contributed by atoms with Gasteiger partial charge in [0.25, 0.3) is 5.91 Å². The second kappa shape index (κ2) is 7.53. The molecule has 0 aliphatic carbocycles. The normalized spacial score (nSPS) is 19.8. The first kappa shape index (κ1) is 17.9. The van der Waals surface area contributed by atoms with E-state index in [-0.39, 0.29) is 23.7 Å². The van der Waals surface area contributed by atoms with E-state index in [0.29, 0.717) is 11.3 Å². The molecule has 7 heteroatoms. The summed E-state index contributed by atoms with van der Waals surface area (Å²) in [4.78, 5) is 29.7. The van der Waals surface area contributed by atoms with E-state index in [1.165, 1.54) is 12.1 Å². The van der Waals surface area contributed by atoms with Gasteiger partial charge in [0.15, 0.2) is 0 Å². The first-order chi connectivity index (χ1) is 12.4. The Kier molecular flexibility index (Phi) is 5.18. The summed E-state index contributed by atoms with van der Waals surface area (Å²) in [7, 11) is 0. The zero-order valence-corrected chi connectivity index (χ0v) is 14.7. The number of carbonyl (C=O) groups excluding carboxylic acids is 1. The number of hydrogen-bond acceptors (Lipinski definition) is 5. The molecule has 1 aromatic heterocycles. The van der Waals surface area contributed by atoms with Crippen molar-refractivity contribution in [3.63, 3.8) is 0 Å². The second-order valence-corrected chi connectivity index (χ2v) is 6.40. The summed E-state index contributed by atoms with van der Waals surface area (Å²) in [5, 5.41) is 11.6. The van der Waals surface area contributed by atoms with Gasteiger partial charge in [0.2, 0.25) is 0 Å². The van der Waals surface area contributed by atoms with E-state index in [1.807, 2.05) is 19.9 Å². The number of rotatable bonds is 4. The topological polar surface area (TPSA) is 91.8 Å².